The van der Waals surface area contributed by atoms with E-state index in [0.29, 0.717) is 37.3 Å². The molecule has 13 nitrogen and oxygen atoms in total. The average Bonchev–Trinajstić information content (AvgIpc) is 3.21. The van der Waals surface area contributed by atoms with Crippen LogP contribution < -0.4 is 33.2 Å². The van der Waals surface area contributed by atoms with Crippen LogP contribution in [0.5, 0.6) is 0 Å². The van der Waals surface area contributed by atoms with Crippen LogP contribution in [0.15, 0.2) is 17.3 Å². The van der Waals surface area contributed by atoms with Crippen LogP contribution in [0.25, 0.3) is 0 Å². The highest BCUT2D eigenvalue weighted by Crippen LogP contribution is 2.18. The van der Waals surface area contributed by atoms with Gasteiger partial charge in [0.1, 0.15) is 12.2 Å². The molecule has 2 heterocycles. The minimum absolute atomic E-state index is 0.0135. The van der Waals surface area contributed by atoms with Crippen molar-refractivity contribution in [1.29, 1.82) is 5.41 Å². The molecule has 1 aromatic heterocycles. The van der Waals surface area contributed by atoms with Crippen molar-refractivity contribution in [2.45, 2.75) is 24.9 Å². The number of nitrogens with two attached hydrogens (primary N) is 3. The van der Waals surface area contributed by atoms with E-state index in [4.69, 9.17) is 22.6 Å². The van der Waals surface area contributed by atoms with Crippen molar-refractivity contribution < 1.29 is 14.4 Å². The number of nitrogens with one attached hydrogen (secondary N) is 4. The summed E-state index contributed by atoms with van der Waals surface area (Å²) in [6, 6.07) is 0.958. The van der Waals surface area contributed by atoms with Gasteiger partial charge in [0.05, 0.1) is 17.6 Å². The van der Waals surface area contributed by atoms with E-state index in [1.807, 2.05) is 11.9 Å². The van der Waals surface area contributed by atoms with E-state index in [9.17, 15) is 14.4 Å². The number of amides is 3. The standard InChI is InChI=1S/C18H30N10O3/c1-27-9-11(6-12(27)16(30)23-4-3-14(19)20)26-17(31)13-5-10(8-28(13)2)25-15(29)7-24-18(21)22/h5,8,11-12H,3-4,6-7,9H2,1-2H3,(H3,19,20)(H,23,30)(H,25,29)(H,26,31)(H4,21,22,24)/t11?,12-/m1/s1. The van der Waals surface area contributed by atoms with Crippen molar-refractivity contribution in [3.63, 3.8) is 0 Å². The molecule has 2 rings (SSSR count). The highest BCUT2D eigenvalue weighted by molar-refractivity contribution is 5.97. The van der Waals surface area contributed by atoms with Gasteiger partial charge < -0.3 is 37.7 Å². The van der Waals surface area contributed by atoms with Gasteiger partial charge in [-0.2, -0.15) is 0 Å². The summed E-state index contributed by atoms with van der Waals surface area (Å²) in [6.45, 7) is 0.600. The van der Waals surface area contributed by atoms with Crippen LogP contribution in [-0.4, -0.2) is 77.7 Å². The monoisotopic (exact) mass is 434 g/mol. The third-order valence-electron chi connectivity index (χ3n) is 4.81. The maximum absolute atomic E-state index is 12.7. The Kier molecular flexibility index (Phi) is 7.96. The molecule has 1 saturated heterocycles. The Morgan fingerprint density at radius 2 is 1.97 bits per heavy atom. The summed E-state index contributed by atoms with van der Waals surface area (Å²) in [4.78, 5) is 42.4. The van der Waals surface area contributed by atoms with Crippen LogP contribution in [0.2, 0.25) is 0 Å². The molecular weight excluding hydrogens is 404 g/mol. The maximum atomic E-state index is 12.7. The Bertz CT molecular complexity index is 874. The first-order valence-corrected chi connectivity index (χ1v) is 9.70. The van der Waals surface area contributed by atoms with Crippen molar-refractivity contribution in [2.75, 3.05) is 32.0 Å². The molecule has 2 atom stereocenters. The number of nitrogens with zero attached hydrogens (tertiary/aromatic N) is 3. The predicted octanol–water partition coefficient (Wildman–Crippen LogP) is -2.52. The van der Waals surface area contributed by atoms with Crippen molar-refractivity contribution >= 4 is 35.2 Å². The highest BCUT2D eigenvalue weighted by Gasteiger charge is 2.35. The van der Waals surface area contributed by atoms with E-state index in [2.05, 4.69) is 20.9 Å². The molecule has 1 aromatic rings. The van der Waals surface area contributed by atoms with Gasteiger partial charge in [0.15, 0.2) is 5.96 Å². The Morgan fingerprint density at radius 3 is 2.61 bits per heavy atom. The number of hydrogen-bond donors (Lipinski definition) is 7. The van der Waals surface area contributed by atoms with Crippen LogP contribution in [0, 0.1) is 5.41 Å². The minimum Gasteiger partial charge on any atom is -0.388 e. The van der Waals surface area contributed by atoms with Gasteiger partial charge in [-0.3, -0.25) is 24.7 Å². The number of anilines is 1. The topological polar surface area (TPSA) is 210 Å². The second-order valence-corrected chi connectivity index (χ2v) is 7.44. The van der Waals surface area contributed by atoms with Crippen LogP contribution in [0.1, 0.15) is 23.3 Å². The summed E-state index contributed by atoms with van der Waals surface area (Å²) in [7, 11) is 3.50. The Labute approximate surface area is 179 Å². The van der Waals surface area contributed by atoms with Crippen molar-refractivity contribution in [1.82, 2.24) is 20.1 Å². The molecular formula is C18H30N10O3. The van der Waals surface area contributed by atoms with Crippen LogP contribution in [-0.2, 0) is 16.6 Å². The fourth-order valence-corrected chi connectivity index (χ4v) is 3.33. The molecule has 0 radical (unpaired) electrons. The molecule has 0 aliphatic carbocycles. The minimum atomic E-state index is -0.415. The number of aryl methyl sites for hydroxylation is 1. The van der Waals surface area contributed by atoms with E-state index < -0.39 is 5.91 Å². The number of carbonyl (C=O) groups is 3. The Hall–Kier alpha value is -3.61. The smallest absolute Gasteiger partial charge is 0.268 e. The summed E-state index contributed by atoms with van der Waals surface area (Å²) in [5.41, 5.74) is 16.5. The summed E-state index contributed by atoms with van der Waals surface area (Å²) in [5.74, 6) is -1.06. The lowest BCUT2D eigenvalue weighted by molar-refractivity contribution is -0.125. The number of aromatic nitrogens is 1. The second kappa shape index (κ2) is 10.4. The van der Waals surface area contributed by atoms with Crippen molar-refractivity contribution in [2.24, 2.45) is 29.2 Å². The van der Waals surface area contributed by atoms with E-state index in [0.717, 1.165) is 0 Å². The number of aliphatic imine (C=N–C) groups is 1. The first-order chi connectivity index (χ1) is 14.6. The SMILES string of the molecule is CN1CC(NC(=O)c2cc(NC(=O)CN=C(N)N)cn2C)C[C@@H]1C(=O)NCCC(=N)N. The predicted molar refractivity (Wildman–Crippen MR) is 117 cm³/mol. The molecule has 13 heteroatoms. The second-order valence-electron chi connectivity index (χ2n) is 7.44. The molecule has 170 valence electrons. The molecule has 0 aromatic carbocycles. The molecule has 1 fully saturated rings. The van der Waals surface area contributed by atoms with Gasteiger partial charge in [0.25, 0.3) is 5.91 Å². The number of hydrogen-bond acceptors (Lipinski definition) is 6. The van der Waals surface area contributed by atoms with Crippen molar-refractivity contribution in [3.05, 3.63) is 18.0 Å². The summed E-state index contributed by atoms with van der Waals surface area (Å²) >= 11 is 0. The molecule has 10 N–H and O–H groups in total. The molecule has 0 spiro atoms. The van der Waals surface area contributed by atoms with E-state index in [-0.39, 0.29) is 42.2 Å². The third-order valence-corrected chi connectivity index (χ3v) is 4.81. The number of guanidine groups is 1. The Morgan fingerprint density at radius 1 is 1.26 bits per heavy atom. The number of amidine groups is 1. The van der Waals surface area contributed by atoms with Gasteiger partial charge in [-0.15, -0.1) is 0 Å². The Balaban J connectivity index is 1.91. The van der Waals surface area contributed by atoms with Gasteiger partial charge in [0, 0.05) is 38.8 Å². The van der Waals surface area contributed by atoms with E-state index >= 15 is 0 Å². The maximum Gasteiger partial charge on any atom is 0.268 e. The van der Waals surface area contributed by atoms with Gasteiger partial charge in [-0.1, -0.05) is 0 Å². The zero-order chi connectivity index (χ0) is 23.1. The number of likely N-dealkylation sites (N-methyl/N-ethyl adjacent to an activating group) is 1. The van der Waals surface area contributed by atoms with E-state index in [1.54, 1.807) is 23.9 Å². The van der Waals surface area contributed by atoms with Crippen LogP contribution >= 0.6 is 0 Å². The van der Waals surface area contributed by atoms with Crippen LogP contribution in [0.4, 0.5) is 5.69 Å². The molecule has 1 unspecified atom stereocenters. The average molecular weight is 435 g/mol. The van der Waals surface area contributed by atoms with E-state index in [1.165, 1.54) is 0 Å². The normalized spacial score (nSPS) is 18.3. The molecule has 0 bridgehead atoms. The number of likely N-dealkylation sites (tertiary alicyclic amines) is 1. The summed E-state index contributed by atoms with van der Waals surface area (Å²) in [5, 5.41) is 15.5. The van der Waals surface area contributed by atoms with Gasteiger partial charge in [0.2, 0.25) is 11.8 Å². The first kappa shape index (κ1) is 23.7. The van der Waals surface area contributed by atoms with Gasteiger partial charge in [-0.25, -0.2) is 4.99 Å². The van der Waals surface area contributed by atoms with Crippen molar-refractivity contribution in [3.8, 4) is 0 Å². The van der Waals surface area contributed by atoms with Gasteiger partial charge >= 0.3 is 0 Å². The molecule has 1 aliphatic heterocycles. The summed E-state index contributed by atoms with van der Waals surface area (Å²) in [6.07, 6.45) is 2.36. The molecule has 0 saturated carbocycles. The fourth-order valence-electron chi connectivity index (χ4n) is 3.33. The zero-order valence-corrected chi connectivity index (χ0v) is 17.6. The summed E-state index contributed by atoms with van der Waals surface area (Å²) < 4.78 is 1.59. The highest BCUT2D eigenvalue weighted by atomic mass is 16.2. The number of carbonyl (C=O) groups excluding carboxylic acids is 3. The lowest BCUT2D eigenvalue weighted by atomic mass is 10.1. The van der Waals surface area contributed by atoms with Crippen LogP contribution in [0.3, 0.4) is 0 Å². The third kappa shape index (κ3) is 6.99. The first-order valence-electron chi connectivity index (χ1n) is 9.70. The molecule has 3 amide bonds. The lowest BCUT2D eigenvalue weighted by Gasteiger charge is -2.18. The number of rotatable bonds is 9. The lowest BCUT2D eigenvalue weighted by Crippen LogP contribution is -2.42. The largest absolute Gasteiger partial charge is 0.388 e. The molecule has 31 heavy (non-hydrogen) atoms. The zero-order valence-electron chi connectivity index (χ0n) is 17.6. The molecule has 1 aliphatic rings. The fraction of sp³-hybridized carbons (Fsp3) is 0.500. The quantitative estimate of drug-likeness (QED) is 0.164. The van der Waals surface area contributed by atoms with Gasteiger partial charge in [-0.05, 0) is 19.5 Å².